The molecule has 98 valence electrons. The topological polar surface area (TPSA) is 46.2 Å². The lowest BCUT2D eigenvalue weighted by Crippen LogP contribution is -2.29. The van der Waals surface area contributed by atoms with Crippen LogP contribution in [0.4, 0.5) is 0 Å². The van der Waals surface area contributed by atoms with Gasteiger partial charge in [0.1, 0.15) is 0 Å². The lowest BCUT2D eigenvalue weighted by molar-refractivity contribution is 0.108. The Morgan fingerprint density at radius 2 is 1.83 bits per heavy atom. The molecule has 1 aromatic carbocycles. The van der Waals surface area contributed by atoms with Crippen LogP contribution in [0, 0.1) is 17.8 Å². The fourth-order valence-electron chi connectivity index (χ4n) is 3.83. The molecule has 2 saturated carbocycles. The van der Waals surface area contributed by atoms with Crippen molar-refractivity contribution in [3.63, 3.8) is 0 Å². The third-order valence-electron chi connectivity index (χ3n) is 4.83. The summed E-state index contributed by atoms with van der Waals surface area (Å²) in [4.78, 5) is 0. The summed E-state index contributed by atoms with van der Waals surface area (Å²) in [7, 11) is 0. The molecule has 2 aliphatic rings. The molecule has 4 atom stereocenters. The lowest BCUT2D eigenvalue weighted by Gasteiger charge is -2.23. The molecule has 0 aliphatic heterocycles. The molecule has 0 aromatic heterocycles. The van der Waals surface area contributed by atoms with Crippen LogP contribution in [0.1, 0.15) is 30.7 Å². The minimum Gasteiger partial charge on any atom is -0.392 e. The molecule has 0 heterocycles. The number of fused-ring (bicyclic) bond motifs is 1. The van der Waals surface area contributed by atoms with E-state index >= 15 is 0 Å². The van der Waals surface area contributed by atoms with Crippen molar-refractivity contribution in [2.45, 2.75) is 31.3 Å². The molecule has 3 rings (SSSR count). The summed E-state index contributed by atoms with van der Waals surface area (Å²) in [6.07, 6.45) is 3.65. The highest BCUT2D eigenvalue weighted by atomic mass is 35.5. The number of nitrogens with two attached hydrogens (primary N) is 1. The van der Waals surface area contributed by atoms with Crippen molar-refractivity contribution >= 4 is 11.6 Å². The second-order valence-electron chi connectivity index (χ2n) is 5.72. The average Bonchev–Trinajstić information content (AvgIpc) is 2.86. The Hall–Kier alpha value is -0.570. The third-order valence-corrected chi connectivity index (χ3v) is 5.08. The number of halogens is 1. The van der Waals surface area contributed by atoms with E-state index in [1.807, 2.05) is 24.3 Å². The van der Waals surface area contributed by atoms with Crippen molar-refractivity contribution in [1.29, 1.82) is 0 Å². The summed E-state index contributed by atoms with van der Waals surface area (Å²) in [5.41, 5.74) is 6.98. The van der Waals surface area contributed by atoms with E-state index in [1.54, 1.807) is 0 Å². The number of hydrogen-bond acceptors (Lipinski definition) is 2. The summed E-state index contributed by atoms with van der Waals surface area (Å²) < 4.78 is 0. The van der Waals surface area contributed by atoms with Gasteiger partial charge in [-0.1, -0.05) is 30.2 Å². The zero-order valence-electron chi connectivity index (χ0n) is 10.4. The molecule has 0 bridgehead atoms. The zero-order valence-corrected chi connectivity index (χ0v) is 11.2. The van der Waals surface area contributed by atoms with E-state index in [0.717, 1.165) is 22.4 Å². The number of benzene rings is 1. The first-order chi connectivity index (χ1) is 8.72. The van der Waals surface area contributed by atoms with Crippen LogP contribution in [0.15, 0.2) is 24.3 Å². The van der Waals surface area contributed by atoms with Crippen LogP contribution in [-0.4, -0.2) is 17.8 Å². The SMILES string of the molecule is NCC(c1ccc(Cl)cc1)C(O)C1C2CCCC21. The third kappa shape index (κ3) is 2.07. The molecule has 3 N–H and O–H groups in total. The molecule has 4 unspecified atom stereocenters. The Morgan fingerprint density at radius 3 is 2.39 bits per heavy atom. The summed E-state index contributed by atoms with van der Waals surface area (Å²) in [5, 5.41) is 11.3. The maximum atomic E-state index is 10.6. The molecule has 2 aliphatic carbocycles. The molecular weight excluding hydrogens is 246 g/mol. The minimum absolute atomic E-state index is 0.0536. The van der Waals surface area contributed by atoms with Gasteiger partial charge in [0, 0.05) is 17.5 Å². The molecule has 2 nitrogen and oxygen atoms in total. The van der Waals surface area contributed by atoms with Crippen LogP contribution >= 0.6 is 11.6 Å². The van der Waals surface area contributed by atoms with Crippen LogP contribution in [0.25, 0.3) is 0 Å². The van der Waals surface area contributed by atoms with Crippen LogP contribution in [0.5, 0.6) is 0 Å². The van der Waals surface area contributed by atoms with Crippen LogP contribution in [0.2, 0.25) is 5.02 Å². The maximum absolute atomic E-state index is 10.6. The molecule has 1 aromatic rings. The van der Waals surface area contributed by atoms with E-state index in [1.165, 1.54) is 19.3 Å². The fraction of sp³-hybridized carbons (Fsp3) is 0.600. The molecular formula is C15H20ClNO. The van der Waals surface area contributed by atoms with Gasteiger partial charge >= 0.3 is 0 Å². The van der Waals surface area contributed by atoms with Crippen molar-refractivity contribution in [3.05, 3.63) is 34.9 Å². The summed E-state index contributed by atoms with van der Waals surface area (Å²) in [6.45, 7) is 0.499. The molecule has 3 heteroatoms. The average molecular weight is 266 g/mol. The Bertz CT molecular complexity index is 409. The highest BCUT2D eigenvalue weighted by molar-refractivity contribution is 6.30. The van der Waals surface area contributed by atoms with Crippen molar-refractivity contribution in [2.24, 2.45) is 23.5 Å². The van der Waals surface area contributed by atoms with Gasteiger partial charge in [-0.05, 0) is 48.3 Å². The number of hydrogen-bond donors (Lipinski definition) is 2. The zero-order chi connectivity index (χ0) is 12.7. The van der Waals surface area contributed by atoms with E-state index in [-0.39, 0.29) is 12.0 Å². The molecule has 0 radical (unpaired) electrons. The smallest absolute Gasteiger partial charge is 0.0654 e. The largest absolute Gasteiger partial charge is 0.392 e. The lowest BCUT2D eigenvalue weighted by atomic mass is 9.88. The van der Waals surface area contributed by atoms with Crippen molar-refractivity contribution in [3.8, 4) is 0 Å². The van der Waals surface area contributed by atoms with Crippen LogP contribution < -0.4 is 5.73 Å². The van der Waals surface area contributed by atoms with Gasteiger partial charge in [0.05, 0.1) is 6.10 Å². The first kappa shape index (κ1) is 12.5. The molecule has 0 saturated heterocycles. The van der Waals surface area contributed by atoms with Crippen molar-refractivity contribution in [1.82, 2.24) is 0 Å². The normalized spacial score (nSPS) is 32.9. The van der Waals surface area contributed by atoms with E-state index in [4.69, 9.17) is 17.3 Å². The van der Waals surface area contributed by atoms with Gasteiger partial charge in [-0.25, -0.2) is 0 Å². The van der Waals surface area contributed by atoms with Gasteiger partial charge in [-0.2, -0.15) is 0 Å². The predicted molar refractivity (Wildman–Crippen MR) is 73.6 cm³/mol. The number of aliphatic hydroxyl groups excluding tert-OH is 1. The second-order valence-corrected chi connectivity index (χ2v) is 6.16. The monoisotopic (exact) mass is 265 g/mol. The summed E-state index contributed by atoms with van der Waals surface area (Å²) in [6, 6.07) is 7.72. The van der Waals surface area contributed by atoms with Gasteiger partial charge in [-0.3, -0.25) is 0 Å². The number of aliphatic hydroxyl groups is 1. The Labute approximate surface area is 113 Å². The van der Waals surface area contributed by atoms with Crippen LogP contribution in [0.3, 0.4) is 0 Å². The maximum Gasteiger partial charge on any atom is 0.0654 e. The molecule has 0 spiro atoms. The summed E-state index contributed by atoms with van der Waals surface area (Å²) in [5.74, 6) is 2.07. The quantitative estimate of drug-likeness (QED) is 0.879. The van der Waals surface area contributed by atoms with Gasteiger partial charge < -0.3 is 10.8 Å². The molecule has 18 heavy (non-hydrogen) atoms. The minimum atomic E-state index is -0.286. The van der Waals surface area contributed by atoms with Gasteiger partial charge in [-0.15, -0.1) is 0 Å². The Balaban J connectivity index is 1.74. The first-order valence-corrected chi connectivity index (χ1v) is 7.23. The first-order valence-electron chi connectivity index (χ1n) is 6.86. The second kappa shape index (κ2) is 4.84. The fourth-order valence-corrected chi connectivity index (χ4v) is 3.96. The predicted octanol–water partition coefficient (Wildman–Crippen LogP) is 2.79. The van der Waals surface area contributed by atoms with Gasteiger partial charge in [0.25, 0.3) is 0 Å². The van der Waals surface area contributed by atoms with E-state index in [0.29, 0.717) is 12.5 Å². The van der Waals surface area contributed by atoms with Crippen molar-refractivity contribution in [2.75, 3.05) is 6.54 Å². The Morgan fingerprint density at radius 1 is 1.22 bits per heavy atom. The van der Waals surface area contributed by atoms with E-state index in [2.05, 4.69) is 0 Å². The summed E-state index contributed by atoms with van der Waals surface area (Å²) >= 11 is 5.90. The molecule has 2 fully saturated rings. The van der Waals surface area contributed by atoms with Gasteiger partial charge in [0.15, 0.2) is 0 Å². The highest BCUT2D eigenvalue weighted by Crippen LogP contribution is 2.60. The van der Waals surface area contributed by atoms with Crippen LogP contribution in [-0.2, 0) is 0 Å². The number of rotatable bonds is 4. The van der Waals surface area contributed by atoms with Gasteiger partial charge in [0.2, 0.25) is 0 Å². The standard InChI is InChI=1S/C15H20ClNO/c16-10-6-4-9(5-7-10)13(8-17)15(18)14-11-2-1-3-12(11)14/h4-7,11-15,18H,1-3,8,17H2. The molecule has 0 amide bonds. The Kier molecular flexibility index (Phi) is 3.35. The van der Waals surface area contributed by atoms with Crippen molar-refractivity contribution < 1.29 is 5.11 Å². The highest BCUT2D eigenvalue weighted by Gasteiger charge is 2.56. The van der Waals surface area contributed by atoms with E-state index < -0.39 is 0 Å². The van der Waals surface area contributed by atoms with E-state index in [9.17, 15) is 5.11 Å².